The first-order valence-corrected chi connectivity index (χ1v) is 4.58. The second-order valence-corrected chi connectivity index (χ2v) is 3.36. The lowest BCUT2D eigenvalue weighted by molar-refractivity contribution is 0.0855. The molecule has 74 valence electrons. The Morgan fingerprint density at radius 3 is 3.00 bits per heavy atom. The summed E-state index contributed by atoms with van der Waals surface area (Å²) in [5.41, 5.74) is 1.32. The summed E-state index contributed by atoms with van der Waals surface area (Å²) in [7, 11) is 1.56. The number of ether oxygens (including phenoxy) is 1. The van der Waals surface area contributed by atoms with Crippen LogP contribution in [0.2, 0.25) is 0 Å². The molecule has 0 spiro atoms. The molecule has 1 aliphatic rings. The molecule has 2 nitrogen and oxygen atoms in total. The van der Waals surface area contributed by atoms with Gasteiger partial charge in [-0.25, -0.2) is 4.39 Å². The van der Waals surface area contributed by atoms with Crippen LogP contribution >= 0.6 is 0 Å². The molecule has 0 heterocycles. The molecule has 0 N–H and O–H groups in total. The van der Waals surface area contributed by atoms with Crippen LogP contribution in [0.25, 0.3) is 0 Å². The number of carbonyl (C=O) groups is 1. The van der Waals surface area contributed by atoms with Crippen molar-refractivity contribution in [2.45, 2.75) is 19.0 Å². The third-order valence-corrected chi connectivity index (χ3v) is 2.55. The van der Waals surface area contributed by atoms with Gasteiger partial charge in [0.2, 0.25) is 0 Å². The molecule has 0 aromatic heterocycles. The van der Waals surface area contributed by atoms with E-state index >= 15 is 0 Å². The van der Waals surface area contributed by atoms with E-state index in [9.17, 15) is 9.18 Å². The van der Waals surface area contributed by atoms with Crippen LogP contribution in [0.3, 0.4) is 0 Å². The molecule has 1 aliphatic carbocycles. The van der Waals surface area contributed by atoms with Crippen molar-refractivity contribution in [2.75, 3.05) is 7.11 Å². The van der Waals surface area contributed by atoms with Crippen molar-refractivity contribution in [3.05, 3.63) is 29.3 Å². The average Bonchev–Trinajstić information content (AvgIpc) is 2.23. The lowest BCUT2D eigenvalue weighted by Crippen LogP contribution is -2.23. The van der Waals surface area contributed by atoms with E-state index in [4.69, 9.17) is 4.74 Å². The first kappa shape index (κ1) is 9.19. The Morgan fingerprint density at radius 2 is 2.29 bits per heavy atom. The highest BCUT2D eigenvalue weighted by molar-refractivity contribution is 6.02. The molecule has 1 aromatic rings. The maximum Gasteiger partial charge on any atom is 0.197 e. The van der Waals surface area contributed by atoms with Gasteiger partial charge in [0, 0.05) is 11.1 Å². The molecule has 1 unspecified atom stereocenters. The van der Waals surface area contributed by atoms with Crippen molar-refractivity contribution in [3.63, 3.8) is 0 Å². The van der Waals surface area contributed by atoms with E-state index in [0.29, 0.717) is 17.7 Å². The van der Waals surface area contributed by atoms with Crippen molar-refractivity contribution in [2.24, 2.45) is 0 Å². The fourth-order valence-electron chi connectivity index (χ4n) is 1.82. The molecule has 3 heteroatoms. The van der Waals surface area contributed by atoms with Gasteiger partial charge in [0.15, 0.2) is 12.0 Å². The van der Waals surface area contributed by atoms with Crippen LogP contribution in [0.4, 0.5) is 4.39 Å². The third-order valence-electron chi connectivity index (χ3n) is 2.55. The van der Waals surface area contributed by atoms with Crippen LogP contribution in [0, 0.1) is 0 Å². The summed E-state index contributed by atoms with van der Waals surface area (Å²) in [5.74, 6) is 0.271. The van der Waals surface area contributed by atoms with Gasteiger partial charge in [-0.3, -0.25) is 4.79 Å². The number of halogens is 1. The summed E-state index contributed by atoms with van der Waals surface area (Å²) in [6, 6.07) is 5.17. The standard InChI is InChI=1S/C11H11FO2/c1-14-10-4-2-3-8-7(10)5-6-9(12)11(8)13/h2-4,9H,5-6H2,1H3. The molecule has 1 aromatic carbocycles. The molecule has 2 rings (SSSR count). The Balaban J connectivity index is 2.52. The van der Waals surface area contributed by atoms with Gasteiger partial charge in [0.05, 0.1) is 7.11 Å². The van der Waals surface area contributed by atoms with Crippen LogP contribution in [0.5, 0.6) is 5.75 Å². The van der Waals surface area contributed by atoms with Crippen molar-refractivity contribution in [1.29, 1.82) is 0 Å². The topological polar surface area (TPSA) is 26.3 Å². The fourth-order valence-corrected chi connectivity index (χ4v) is 1.82. The van der Waals surface area contributed by atoms with Gasteiger partial charge in [-0.05, 0) is 18.9 Å². The summed E-state index contributed by atoms with van der Waals surface area (Å²) in [6.07, 6.45) is -0.493. The Morgan fingerprint density at radius 1 is 1.50 bits per heavy atom. The smallest absolute Gasteiger partial charge is 0.197 e. The van der Waals surface area contributed by atoms with E-state index < -0.39 is 12.0 Å². The molecule has 0 radical (unpaired) electrons. The van der Waals surface area contributed by atoms with Crippen molar-refractivity contribution in [1.82, 2.24) is 0 Å². The van der Waals surface area contributed by atoms with E-state index in [1.807, 2.05) is 0 Å². The second kappa shape index (κ2) is 3.40. The summed E-state index contributed by atoms with van der Waals surface area (Å²) >= 11 is 0. The molecular weight excluding hydrogens is 183 g/mol. The maximum absolute atomic E-state index is 13.1. The predicted octanol–water partition coefficient (Wildman–Crippen LogP) is 2.16. The van der Waals surface area contributed by atoms with Gasteiger partial charge in [-0.1, -0.05) is 12.1 Å². The number of alkyl halides is 1. The minimum Gasteiger partial charge on any atom is -0.496 e. The normalized spacial score (nSPS) is 20.4. The Bertz CT molecular complexity index is 374. The number of rotatable bonds is 1. The number of ketones is 1. The van der Waals surface area contributed by atoms with E-state index in [1.165, 1.54) is 0 Å². The minimum atomic E-state index is -1.34. The Kier molecular flexibility index (Phi) is 2.23. The molecule has 0 amide bonds. The zero-order valence-corrected chi connectivity index (χ0v) is 7.92. The summed E-state index contributed by atoms with van der Waals surface area (Å²) in [6.45, 7) is 0. The Hall–Kier alpha value is -1.38. The number of hydrogen-bond acceptors (Lipinski definition) is 2. The third kappa shape index (κ3) is 1.29. The number of fused-ring (bicyclic) bond motifs is 1. The van der Waals surface area contributed by atoms with Gasteiger partial charge in [-0.2, -0.15) is 0 Å². The number of carbonyl (C=O) groups excluding carboxylic acids is 1. The molecule has 1 atom stereocenters. The van der Waals surface area contributed by atoms with Crippen molar-refractivity contribution < 1.29 is 13.9 Å². The van der Waals surface area contributed by atoms with Gasteiger partial charge >= 0.3 is 0 Å². The largest absolute Gasteiger partial charge is 0.496 e. The van der Waals surface area contributed by atoms with E-state index in [-0.39, 0.29) is 6.42 Å². The van der Waals surface area contributed by atoms with Crippen molar-refractivity contribution >= 4 is 5.78 Å². The minimum absolute atomic E-state index is 0.270. The van der Waals surface area contributed by atoms with Gasteiger partial charge in [-0.15, -0.1) is 0 Å². The molecular formula is C11H11FO2. The number of Topliss-reactive ketones (excluding diaryl/α,β-unsaturated/α-hetero) is 1. The predicted molar refractivity (Wildman–Crippen MR) is 50.5 cm³/mol. The van der Waals surface area contributed by atoms with E-state index in [1.54, 1.807) is 25.3 Å². The molecule has 14 heavy (non-hydrogen) atoms. The molecule has 0 fully saturated rings. The zero-order chi connectivity index (χ0) is 10.1. The summed E-state index contributed by atoms with van der Waals surface area (Å²) in [4.78, 5) is 11.5. The molecule has 0 saturated heterocycles. The summed E-state index contributed by atoms with van der Waals surface area (Å²) < 4.78 is 18.2. The first-order valence-electron chi connectivity index (χ1n) is 4.58. The number of methoxy groups -OCH3 is 1. The quantitative estimate of drug-likeness (QED) is 0.684. The average molecular weight is 194 g/mol. The van der Waals surface area contributed by atoms with Gasteiger partial charge in [0.1, 0.15) is 5.75 Å². The highest BCUT2D eigenvalue weighted by Crippen LogP contribution is 2.30. The lowest BCUT2D eigenvalue weighted by Gasteiger charge is -2.19. The molecule has 0 bridgehead atoms. The Labute approximate surface area is 81.7 Å². The maximum atomic E-state index is 13.1. The number of benzene rings is 1. The highest BCUT2D eigenvalue weighted by Gasteiger charge is 2.28. The van der Waals surface area contributed by atoms with E-state index in [2.05, 4.69) is 0 Å². The van der Waals surface area contributed by atoms with Crippen molar-refractivity contribution in [3.8, 4) is 5.75 Å². The number of hydrogen-bond donors (Lipinski definition) is 0. The molecule has 0 aliphatic heterocycles. The highest BCUT2D eigenvalue weighted by atomic mass is 19.1. The van der Waals surface area contributed by atoms with Gasteiger partial charge < -0.3 is 4.74 Å². The van der Waals surface area contributed by atoms with Gasteiger partial charge in [0.25, 0.3) is 0 Å². The van der Waals surface area contributed by atoms with Crippen LogP contribution in [0.15, 0.2) is 18.2 Å². The second-order valence-electron chi connectivity index (χ2n) is 3.36. The van der Waals surface area contributed by atoms with Crippen LogP contribution < -0.4 is 4.74 Å². The van der Waals surface area contributed by atoms with Crippen LogP contribution in [-0.4, -0.2) is 19.1 Å². The van der Waals surface area contributed by atoms with E-state index in [0.717, 1.165) is 5.56 Å². The molecule has 0 saturated carbocycles. The monoisotopic (exact) mass is 194 g/mol. The first-order chi connectivity index (χ1) is 6.74. The summed E-state index contributed by atoms with van der Waals surface area (Å²) in [5, 5.41) is 0. The van der Waals surface area contributed by atoms with Crippen LogP contribution in [0.1, 0.15) is 22.3 Å². The lowest BCUT2D eigenvalue weighted by atomic mass is 9.89. The zero-order valence-electron chi connectivity index (χ0n) is 7.92. The fraction of sp³-hybridized carbons (Fsp3) is 0.364. The SMILES string of the molecule is COc1cccc2c1CCC(F)C2=O. The van der Waals surface area contributed by atoms with Crippen LogP contribution in [-0.2, 0) is 6.42 Å².